The number of carbonyl (C=O) groups excluding carboxylic acids is 2. The molecule has 1 saturated heterocycles. The van der Waals surface area contributed by atoms with Crippen molar-refractivity contribution in [1.29, 1.82) is 0 Å². The zero-order valence-corrected chi connectivity index (χ0v) is 16.1. The highest BCUT2D eigenvalue weighted by Gasteiger charge is 2.50. The fourth-order valence-electron chi connectivity index (χ4n) is 3.60. The lowest BCUT2D eigenvalue weighted by Crippen LogP contribution is -2.46. The molecule has 1 aromatic heterocycles. The summed E-state index contributed by atoms with van der Waals surface area (Å²) in [6.45, 7) is 6.10. The fraction of sp³-hybridized carbons (Fsp3) is 0.500. The second kappa shape index (κ2) is 7.90. The van der Waals surface area contributed by atoms with E-state index in [2.05, 4.69) is 22.4 Å². The van der Waals surface area contributed by atoms with E-state index in [-0.39, 0.29) is 18.3 Å². The first-order chi connectivity index (χ1) is 13.0. The second-order valence-corrected chi connectivity index (χ2v) is 6.97. The molecular formula is C20H26N4O3. The van der Waals surface area contributed by atoms with Gasteiger partial charge in [0.1, 0.15) is 12.1 Å². The van der Waals surface area contributed by atoms with Crippen LogP contribution in [0.5, 0.6) is 0 Å². The second-order valence-electron chi connectivity index (χ2n) is 6.97. The summed E-state index contributed by atoms with van der Waals surface area (Å²) >= 11 is 0. The number of urea groups is 1. The topological polar surface area (TPSA) is 88.3 Å². The normalized spacial score (nSPS) is 16.0. The van der Waals surface area contributed by atoms with Gasteiger partial charge in [0, 0.05) is 5.56 Å². The van der Waals surface area contributed by atoms with E-state index in [1.54, 1.807) is 0 Å². The highest BCUT2D eigenvalue weighted by molar-refractivity contribution is 6.06. The Morgan fingerprint density at radius 2 is 1.74 bits per heavy atom. The Labute approximate surface area is 159 Å². The molecule has 2 heterocycles. The predicted octanol–water partition coefficient (Wildman–Crippen LogP) is 3.69. The minimum Gasteiger partial charge on any atom is -0.337 e. The van der Waals surface area contributed by atoms with Crippen LogP contribution in [0.15, 0.2) is 28.8 Å². The average molecular weight is 370 g/mol. The Bertz CT molecular complexity index is 807. The molecule has 1 aromatic carbocycles. The van der Waals surface area contributed by atoms with E-state index >= 15 is 0 Å². The smallest absolute Gasteiger partial charge is 0.325 e. The summed E-state index contributed by atoms with van der Waals surface area (Å²) in [5, 5.41) is 6.88. The molecule has 3 amide bonds. The maximum Gasteiger partial charge on any atom is 0.325 e. The van der Waals surface area contributed by atoms with E-state index in [0.29, 0.717) is 18.7 Å². The summed E-state index contributed by atoms with van der Waals surface area (Å²) in [7, 11) is 0. The number of nitrogens with one attached hydrogen (secondary N) is 1. The zero-order valence-electron chi connectivity index (χ0n) is 16.1. The third kappa shape index (κ3) is 3.72. The van der Waals surface area contributed by atoms with Crippen LogP contribution >= 0.6 is 0 Å². The van der Waals surface area contributed by atoms with Crippen LogP contribution in [-0.2, 0) is 17.8 Å². The van der Waals surface area contributed by atoms with Crippen LogP contribution in [0, 0.1) is 0 Å². The summed E-state index contributed by atoms with van der Waals surface area (Å²) in [5.74, 6) is 0.494. The summed E-state index contributed by atoms with van der Waals surface area (Å²) in [4.78, 5) is 30.9. The maximum absolute atomic E-state index is 12.9. The van der Waals surface area contributed by atoms with Crippen LogP contribution in [0.2, 0.25) is 0 Å². The molecule has 7 nitrogen and oxygen atoms in total. The highest BCUT2D eigenvalue weighted by atomic mass is 16.5. The molecule has 7 heteroatoms. The van der Waals surface area contributed by atoms with Gasteiger partial charge in [0.25, 0.3) is 5.91 Å². The first-order valence-electron chi connectivity index (χ1n) is 9.59. The molecule has 0 aliphatic carbocycles. The van der Waals surface area contributed by atoms with Crippen LogP contribution in [0.4, 0.5) is 4.79 Å². The lowest BCUT2D eigenvalue weighted by atomic mass is 9.88. The van der Waals surface area contributed by atoms with Gasteiger partial charge < -0.3 is 9.84 Å². The molecule has 0 spiro atoms. The van der Waals surface area contributed by atoms with Gasteiger partial charge in [-0.2, -0.15) is 4.98 Å². The Hall–Kier alpha value is -2.70. The Balaban J connectivity index is 1.76. The fourth-order valence-corrected chi connectivity index (χ4v) is 3.60. The molecule has 1 aliphatic heterocycles. The van der Waals surface area contributed by atoms with Crippen molar-refractivity contribution in [2.24, 2.45) is 0 Å². The van der Waals surface area contributed by atoms with E-state index in [0.717, 1.165) is 24.8 Å². The number of rotatable bonds is 8. The van der Waals surface area contributed by atoms with Crippen molar-refractivity contribution in [3.05, 3.63) is 35.7 Å². The van der Waals surface area contributed by atoms with Crippen molar-refractivity contribution in [3.63, 3.8) is 0 Å². The first kappa shape index (κ1) is 19.1. The lowest BCUT2D eigenvalue weighted by Gasteiger charge is -2.25. The van der Waals surface area contributed by atoms with Gasteiger partial charge in [-0.3, -0.25) is 9.69 Å². The van der Waals surface area contributed by atoms with Gasteiger partial charge in [0.15, 0.2) is 0 Å². The average Bonchev–Trinajstić information content (AvgIpc) is 3.22. The van der Waals surface area contributed by atoms with Gasteiger partial charge in [0.2, 0.25) is 11.7 Å². The van der Waals surface area contributed by atoms with Crippen LogP contribution in [0.3, 0.4) is 0 Å². The SMILES string of the molecule is CCCC1(CCC)NC(=O)N(Cc2nc(-c3ccc(CC)cc3)no2)C1=O. The number of amides is 3. The van der Waals surface area contributed by atoms with Crippen molar-refractivity contribution in [3.8, 4) is 11.4 Å². The van der Waals surface area contributed by atoms with Crippen molar-refractivity contribution in [2.45, 2.75) is 65.0 Å². The van der Waals surface area contributed by atoms with Crippen molar-refractivity contribution in [1.82, 2.24) is 20.4 Å². The van der Waals surface area contributed by atoms with E-state index in [1.807, 2.05) is 38.1 Å². The monoisotopic (exact) mass is 370 g/mol. The van der Waals surface area contributed by atoms with Gasteiger partial charge in [-0.15, -0.1) is 0 Å². The number of imide groups is 1. The van der Waals surface area contributed by atoms with Crippen LogP contribution in [0.25, 0.3) is 11.4 Å². The molecule has 0 saturated carbocycles. The molecule has 0 unspecified atom stereocenters. The Morgan fingerprint density at radius 1 is 1.07 bits per heavy atom. The summed E-state index contributed by atoms with van der Waals surface area (Å²) in [5.41, 5.74) is 1.26. The Kier molecular flexibility index (Phi) is 5.58. The number of benzene rings is 1. The minimum atomic E-state index is -0.806. The Morgan fingerprint density at radius 3 is 2.33 bits per heavy atom. The van der Waals surface area contributed by atoms with Gasteiger partial charge >= 0.3 is 6.03 Å². The first-order valence-corrected chi connectivity index (χ1v) is 9.59. The number of aryl methyl sites for hydroxylation is 1. The van der Waals surface area contributed by atoms with E-state index in [9.17, 15) is 9.59 Å². The van der Waals surface area contributed by atoms with Crippen molar-refractivity contribution in [2.75, 3.05) is 0 Å². The number of carbonyl (C=O) groups is 2. The largest absolute Gasteiger partial charge is 0.337 e. The molecular weight excluding hydrogens is 344 g/mol. The quantitative estimate of drug-likeness (QED) is 0.716. The molecule has 3 rings (SSSR count). The standard InChI is InChI=1S/C20H26N4O3/c1-4-11-20(12-5-2)18(25)24(19(26)22-20)13-16-21-17(23-27-16)15-9-7-14(6-3)8-10-15/h7-10H,4-6,11-13H2,1-3H3,(H,22,26). The summed E-state index contributed by atoms with van der Waals surface area (Å²) < 4.78 is 5.29. The number of nitrogens with zero attached hydrogens (tertiary/aromatic N) is 3. The van der Waals surface area contributed by atoms with E-state index < -0.39 is 11.6 Å². The van der Waals surface area contributed by atoms with E-state index in [1.165, 1.54) is 10.5 Å². The predicted molar refractivity (Wildman–Crippen MR) is 101 cm³/mol. The third-order valence-corrected chi connectivity index (χ3v) is 4.98. The summed E-state index contributed by atoms with van der Waals surface area (Å²) in [6.07, 6.45) is 3.85. The molecule has 1 aliphatic rings. The molecule has 144 valence electrons. The molecule has 0 bridgehead atoms. The molecule has 2 aromatic rings. The number of hydrogen-bond donors (Lipinski definition) is 1. The molecule has 0 atom stereocenters. The number of hydrogen-bond acceptors (Lipinski definition) is 5. The molecule has 1 fully saturated rings. The third-order valence-electron chi connectivity index (χ3n) is 4.98. The van der Waals surface area contributed by atoms with Gasteiger partial charge in [-0.05, 0) is 24.8 Å². The maximum atomic E-state index is 12.9. The van der Waals surface area contributed by atoms with Crippen molar-refractivity contribution >= 4 is 11.9 Å². The highest BCUT2D eigenvalue weighted by Crippen LogP contribution is 2.29. The van der Waals surface area contributed by atoms with E-state index in [4.69, 9.17) is 4.52 Å². The van der Waals surface area contributed by atoms with Gasteiger partial charge in [-0.25, -0.2) is 4.79 Å². The van der Waals surface area contributed by atoms with Crippen LogP contribution < -0.4 is 5.32 Å². The van der Waals surface area contributed by atoms with Crippen molar-refractivity contribution < 1.29 is 14.1 Å². The van der Waals surface area contributed by atoms with Crippen LogP contribution in [0.1, 0.15) is 57.9 Å². The minimum absolute atomic E-state index is 0.0140. The number of aromatic nitrogens is 2. The van der Waals surface area contributed by atoms with Gasteiger partial charge in [0.05, 0.1) is 0 Å². The van der Waals surface area contributed by atoms with Crippen LogP contribution in [-0.4, -0.2) is 32.5 Å². The van der Waals surface area contributed by atoms with Gasteiger partial charge in [-0.1, -0.05) is 63.0 Å². The zero-order chi connectivity index (χ0) is 19.4. The summed E-state index contributed by atoms with van der Waals surface area (Å²) in [6, 6.07) is 7.52. The molecule has 1 N–H and O–H groups in total. The molecule has 27 heavy (non-hydrogen) atoms. The molecule has 0 radical (unpaired) electrons. The lowest BCUT2D eigenvalue weighted by molar-refractivity contribution is -0.132.